The van der Waals surface area contributed by atoms with Crippen LogP contribution in [0.15, 0.2) is 50.2 Å². The zero-order valence-corrected chi connectivity index (χ0v) is 14.7. The fourth-order valence-electron chi connectivity index (χ4n) is 1.59. The molecule has 0 bridgehead atoms. The largest absolute Gasteiger partial charge is 0.496 e. The van der Waals surface area contributed by atoms with Crippen LogP contribution in [0.2, 0.25) is 0 Å². The van der Waals surface area contributed by atoms with Gasteiger partial charge in [0.15, 0.2) is 0 Å². The summed E-state index contributed by atoms with van der Waals surface area (Å²) < 4.78 is 46.4. The third-order valence-corrected chi connectivity index (χ3v) is 5.09. The van der Waals surface area contributed by atoms with E-state index in [0.717, 1.165) is 0 Å². The summed E-state index contributed by atoms with van der Waals surface area (Å²) in [5.74, 6) is -0.163. The molecule has 0 aliphatic heterocycles. The molecule has 4 nitrogen and oxygen atoms in total. The number of hydrogen-bond acceptors (Lipinski definition) is 3. The van der Waals surface area contributed by atoms with Crippen molar-refractivity contribution in [3.63, 3.8) is 0 Å². The van der Waals surface area contributed by atoms with Gasteiger partial charge in [-0.05, 0) is 52.3 Å². The van der Waals surface area contributed by atoms with E-state index >= 15 is 0 Å². The normalized spacial score (nSPS) is 11.2. The number of anilines is 1. The number of hydrogen-bond donors (Lipinski definition) is 1. The summed E-state index contributed by atoms with van der Waals surface area (Å²) >= 11 is 6.32. The van der Waals surface area contributed by atoms with E-state index in [1.54, 1.807) is 6.07 Å². The Labute approximate surface area is 138 Å². The van der Waals surface area contributed by atoms with E-state index in [2.05, 4.69) is 36.6 Å². The van der Waals surface area contributed by atoms with Gasteiger partial charge in [0.05, 0.1) is 22.2 Å². The maximum Gasteiger partial charge on any atom is 0.262 e. The Hall–Kier alpha value is -1.12. The molecule has 21 heavy (non-hydrogen) atoms. The third-order valence-electron chi connectivity index (χ3n) is 2.61. The van der Waals surface area contributed by atoms with Crippen molar-refractivity contribution in [2.24, 2.45) is 0 Å². The van der Waals surface area contributed by atoms with Gasteiger partial charge in [-0.25, -0.2) is 12.8 Å². The number of nitrogens with one attached hydrogen (secondary N) is 1. The molecular formula is C13H10Br2FNO3S. The second-order valence-corrected chi connectivity index (χ2v) is 7.48. The van der Waals surface area contributed by atoms with Crippen LogP contribution in [0.4, 0.5) is 10.1 Å². The first-order valence-corrected chi connectivity index (χ1v) is 8.72. The van der Waals surface area contributed by atoms with Crippen molar-refractivity contribution < 1.29 is 17.5 Å². The summed E-state index contributed by atoms with van der Waals surface area (Å²) in [7, 11) is -2.41. The average molecular weight is 439 g/mol. The van der Waals surface area contributed by atoms with Crippen LogP contribution in [0.5, 0.6) is 5.75 Å². The molecule has 0 saturated carbocycles. The summed E-state index contributed by atoms with van der Waals surface area (Å²) in [6.07, 6.45) is 0. The highest BCUT2D eigenvalue weighted by Gasteiger charge is 2.18. The molecule has 0 atom stereocenters. The van der Waals surface area contributed by atoms with Crippen LogP contribution >= 0.6 is 31.9 Å². The van der Waals surface area contributed by atoms with E-state index in [1.165, 1.54) is 37.4 Å². The summed E-state index contributed by atoms with van der Waals surface area (Å²) in [4.78, 5) is -0.00232. The third kappa shape index (κ3) is 3.75. The Morgan fingerprint density at radius 3 is 2.43 bits per heavy atom. The summed E-state index contributed by atoms with van der Waals surface area (Å²) in [5.41, 5.74) is -0.120. The van der Waals surface area contributed by atoms with Gasteiger partial charge in [-0.1, -0.05) is 15.9 Å². The van der Waals surface area contributed by atoms with Crippen molar-refractivity contribution in [1.29, 1.82) is 0 Å². The number of methoxy groups -OCH3 is 1. The van der Waals surface area contributed by atoms with Crippen LogP contribution in [0.1, 0.15) is 0 Å². The van der Waals surface area contributed by atoms with E-state index in [1.807, 2.05) is 0 Å². The van der Waals surface area contributed by atoms with Gasteiger partial charge in [-0.15, -0.1) is 0 Å². The van der Waals surface area contributed by atoms with Crippen molar-refractivity contribution in [1.82, 2.24) is 0 Å². The molecule has 0 fully saturated rings. The minimum absolute atomic E-state index is 0.00232. The fourth-order valence-corrected chi connectivity index (χ4v) is 3.71. The predicted octanol–water partition coefficient (Wildman–Crippen LogP) is 4.16. The highest BCUT2D eigenvalue weighted by molar-refractivity contribution is 9.10. The van der Waals surface area contributed by atoms with Gasteiger partial charge >= 0.3 is 0 Å². The first kappa shape index (κ1) is 16.3. The Kier molecular flexibility index (Phi) is 4.90. The zero-order valence-electron chi connectivity index (χ0n) is 10.7. The lowest BCUT2D eigenvalue weighted by Crippen LogP contribution is -2.14. The number of sulfonamides is 1. The summed E-state index contributed by atoms with van der Waals surface area (Å²) in [6, 6.07) is 8.35. The second-order valence-electron chi connectivity index (χ2n) is 4.03. The number of benzene rings is 2. The van der Waals surface area contributed by atoms with Crippen molar-refractivity contribution in [3.8, 4) is 5.75 Å². The monoisotopic (exact) mass is 437 g/mol. The molecule has 0 spiro atoms. The second kappa shape index (κ2) is 6.33. The first-order chi connectivity index (χ1) is 9.83. The lowest BCUT2D eigenvalue weighted by molar-refractivity contribution is 0.411. The minimum Gasteiger partial charge on any atom is -0.496 e. The number of halogens is 3. The molecule has 0 saturated heterocycles. The molecule has 2 rings (SSSR count). The molecule has 0 aromatic heterocycles. The quantitative estimate of drug-likeness (QED) is 0.779. The lowest BCUT2D eigenvalue weighted by Gasteiger charge is -2.10. The highest BCUT2D eigenvalue weighted by atomic mass is 79.9. The van der Waals surface area contributed by atoms with Crippen LogP contribution in [0, 0.1) is 5.82 Å². The van der Waals surface area contributed by atoms with Crippen molar-refractivity contribution in [2.45, 2.75) is 4.90 Å². The van der Waals surface area contributed by atoms with Crippen molar-refractivity contribution in [3.05, 3.63) is 51.2 Å². The van der Waals surface area contributed by atoms with Gasteiger partial charge in [0.25, 0.3) is 10.0 Å². The summed E-state index contributed by atoms with van der Waals surface area (Å²) in [5, 5.41) is 0. The molecule has 2 aromatic carbocycles. The molecule has 0 amide bonds. The molecule has 0 heterocycles. The fraction of sp³-hybridized carbons (Fsp3) is 0.0769. The topological polar surface area (TPSA) is 55.4 Å². The average Bonchev–Trinajstić information content (AvgIpc) is 2.42. The highest BCUT2D eigenvalue weighted by Crippen LogP contribution is 2.29. The predicted molar refractivity (Wildman–Crippen MR) is 85.6 cm³/mol. The van der Waals surface area contributed by atoms with Gasteiger partial charge in [-0.3, -0.25) is 4.72 Å². The SMILES string of the molecule is COc1ccc(S(=O)(=O)Nc2ccc(Br)cc2F)cc1Br. The number of rotatable bonds is 4. The van der Waals surface area contributed by atoms with Crippen LogP contribution in [0.3, 0.4) is 0 Å². The standard InChI is InChI=1S/C13H10Br2FNO3S/c1-20-13-5-3-9(7-10(13)15)21(18,19)17-12-4-2-8(14)6-11(12)16/h2-7,17H,1H3. The summed E-state index contributed by atoms with van der Waals surface area (Å²) in [6.45, 7) is 0. The van der Waals surface area contributed by atoms with E-state index < -0.39 is 15.8 Å². The molecule has 0 aliphatic carbocycles. The van der Waals surface area contributed by atoms with Crippen LogP contribution in [0.25, 0.3) is 0 Å². The van der Waals surface area contributed by atoms with Gasteiger partial charge in [0.2, 0.25) is 0 Å². The van der Waals surface area contributed by atoms with Crippen LogP contribution in [-0.4, -0.2) is 15.5 Å². The molecule has 0 aliphatic rings. The lowest BCUT2D eigenvalue weighted by atomic mass is 10.3. The maximum absolute atomic E-state index is 13.7. The Morgan fingerprint density at radius 2 is 1.86 bits per heavy atom. The molecular weight excluding hydrogens is 429 g/mol. The van der Waals surface area contributed by atoms with Gasteiger partial charge in [-0.2, -0.15) is 0 Å². The first-order valence-electron chi connectivity index (χ1n) is 5.65. The van der Waals surface area contributed by atoms with Crippen molar-refractivity contribution in [2.75, 3.05) is 11.8 Å². The molecule has 0 radical (unpaired) electrons. The molecule has 1 N–H and O–H groups in total. The molecule has 8 heteroatoms. The van der Waals surface area contributed by atoms with Crippen molar-refractivity contribution >= 4 is 47.6 Å². The Bertz CT molecular complexity index is 781. The number of ether oxygens (including phenoxy) is 1. The molecule has 112 valence electrons. The van der Waals surface area contributed by atoms with E-state index in [9.17, 15) is 12.8 Å². The smallest absolute Gasteiger partial charge is 0.262 e. The van der Waals surface area contributed by atoms with Crippen LogP contribution in [-0.2, 0) is 10.0 Å². The Morgan fingerprint density at radius 1 is 1.14 bits per heavy atom. The Balaban J connectivity index is 2.36. The van der Waals surface area contributed by atoms with Crippen LogP contribution < -0.4 is 9.46 Å². The van der Waals surface area contributed by atoms with E-state index in [0.29, 0.717) is 14.7 Å². The zero-order chi connectivity index (χ0) is 15.6. The molecule has 0 unspecified atom stereocenters. The van der Waals surface area contributed by atoms with E-state index in [4.69, 9.17) is 4.74 Å². The minimum atomic E-state index is -3.89. The van der Waals surface area contributed by atoms with Gasteiger partial charge < -0.3 is 4.74 Å². The van der Waals surface area contributed by atoms with Gasteiger partial charge in [0, 0.05) is 4.47 Å². The van der Waals surface area contributed by atoms with Gasteiger partial charge in [0.1, 0.15) is 11.6 Å². The molecule has 2 aromatic rings. The maximum atomic E-state index is 13.7. The van der Waals surface area contributed by atoms with E-state index in [-0.39, 0.29) is 10.6 Å².